The molecule has 0 aromatic carbocycles. The van der Waals surface area contributed by atoms with Crippen LogP contribution in [0.5, 0.6) is 0 Å². The van der Waals surface area contributed by atoms with E-state index in [1.54, 1.807) is 0 Å². The van der Waals surface area contributed by atoms with Gasteiger partial charge >= 0.3 is 16.5 Å². The molecular weight excluding hydrogens is 205 g/mol. The van der Waals surface area contributed by atoms with Crippen molar-refractivity contribution in [1.29, 1.82) is 0 Å². The van der Waals surface area contributed by atoms with E-state index < -0.39 is 16.5 Å². The third kappa shape index (κ3) is 5.31. The van der Waals surface area contributed by atoms with Gasteiger partial charge in [-0.2, -0.15) is 0 Å². The summed E-state index contributed by atoms with van der Waals surface area (Å²) in [5.74, 6) is 0. The van der Waals surface area contributed by atoms with Crippen molar-refractivity contribution in [3.05, 3.63) is 0 Å². The van der Waals surface area contributed by atoms with Crippen LogP contribution in [0.4, 0.5) is 0 Å². The second kappa shape index (κ2) is 6.54. The Balaban J connectivity index is 0.000001000. The van der Waals surface area contributed by atoms with Gasteiger partial charge in [0.25, 0.3) is 13.6 Å². The predicted octanol–water partition coefficient (Wildman–Crippen LogP) is 0.915. The van der Waals surface area contributed by atoms with Crippen LogP contribution in [0.1, 0.15) is 0 Å². The van der Waals surface area contributed by atoms with Crippen LogP contribution in [0.3, 0.4) is 0 Å². The van der Waals surface area contributed by atoms with Gasteiger partial charge in [0.05, 0.1) is 0 Å². The fourth-order valence-electron chi connectivity index (χ4n) is 0.294. The summed E-state index contributed by atoms with van der Waals surface area (Å²) in [4.78, 5) is 0. The molecule has 0 saturated carbocycles. The Morgan fingerprint density at radius 3 is 1.36 bits per heavy atom. The van der Waals surface area contributed by atoms with E-state index in [0.717, 1.165) is 0 Å². The topological polar surface area (TPSA) is 71.1 Å². The van der Waals surface area contributed by atoms with Crippen molar-refractivity contribution in [1.82, 2.24) is 0 Å². The molecule has 0 amide bonds. The van der Waals surface area contributed by atoms with E-state index in [-0.39, 0.29) is 43.1 Å². The van der Waals surface area contributed by atoms with Gasteiger partial charge in [-0.05, 0) is 0 Å². The van der Waals surface area contributed by atoms with Crippen LogP contribution in [0.25, 0.3) is 0 Å². The molecule has 0 spiro atoms. The summed E-state index contributed by atoms with van der Waals surface area (Å²) in [6, 6.07) is 0. The van der Waals surface area contributed by atoms with Crippen LogP contribution < -0.4 is 0 Å². The van der Waals surface area contributed by atoms with Crippen LogP contribution in [-0.2, 0) is 27.2 Å². The van der Waals surface area contributed by atoms with Gasteiger partial charge in [0.15, 0.2) is 0 Å². The van der Waals surface area contributed by atoms with Crippen LogP contribution in [0.2, 0.25) is 0 Å². The molecule has 0 unspecified atom stereocenters. The molecule has 1 heterocycles. The maximum absolute atomic E-state index is 10.4. The van der Waals surface area contributed by atoms with E-state index in [1.165, 1.54) is 0 Å². The van der Waals surface area contributed by atoms with Gasteiger partial charge < -0.3 is 0 Å². The minimum Gasteiger partial charge on any atom is -0.0850 e. The maximum Gasteiger partial charge on any atom is 0.702 e. The molecule has 0 bridgehead atoms. The zero-order chi connectivity index (χ0) is 7.40. The molecule has 0 aromatic rings. The third-order valence-corrected chi connectivity index (χ3v) is 1.90. The molecule has 1 rings (SSSR count). The smallest absolute Gasteiger partial charge is 0.0850 e. The fourth-order valence-corrected chi connectivity index (χ4v) is 1.16. The van der Waals surface area contributed by atoms with Crippen LogP contribution in [0, 0.1) is 0 Å². The van der Waals surface area contributed by atoms with Crippen LogP contribution in [0.15, 0.2) is 0 Å². The quantitative estimate of drug-likeness (QED) is 0.436. The van der Waals surface area contributed by atoms with Crippen LogP contribution >= 0.6 is 16.5 Å². The summed E-state index contributed by atoms with van der Waals surface area (Å²) in [6.07, 6.45) is 0. The third-order valence-electron chi connectivity index (χ3n) is 0.632. The number of hydrogen-bond acceptors (Lipinski definition) is 6. The fraction of sp³-hybridized carbons (Fsp3) is 1.00. The van der Waals surface area contributed by atoms with Crippen molar-refractivity contribution < 1.29 is 27.2 Å². The van der Waals surface area contributed by atoms with Crippen molar-refractivity contribution in [2.45, 2.75) is 0 Å². The summed E-state index contributed by atoms with van der Waals surface area (Å²) in [6.45, 7) is -0.686. The second-order valence-electron chi connectivity index (χ2n) is 1.20. The van der Waals surface area contributed by atoms with Crippen molar-refractivity contribution >= 4 is 46.1 Å². The maximum atomic E-state index is 10.4. The molecule has 1 saturated heterocycles. The number of rotatable bonds is 0. The standard InChI is InChI=1S/C2H4O6P2.Na/c3-9-5-1-6-10(4)8-2-7-9;/h1-2H2;/q+2;. The average Bonchev–Trinajstić information content (AvgIpc) is 1.84. The normalized spacial score (nSPS) is 26.5. The van der Waals surface area contributed by atoms with Crippen molar-refractivity contribution in [3.8, 4) is 0 Å². The van der Waals surface area contributed by atoms with E-state index in [9.17, 15) is 9.13 Å². The molecule has 1 radical (unpaired) electrons. The molecule has 11 heavy (non-hydrogen) atoms. The SMILES string of the molecule is O=[P+]1OCO[P+](=O)OCO1.[Na]. The van der Waals surface area contributed by atoms with Gasteiger partial charge in [-0.15, -0.1) is 0 Å². The van der Waals surface area contributed by atoms with Crippen molar-refractivity contribution in [2.75, 3.05) is 13.6 Å². The molecule has 1 fully saturated rings. The Kier molecular flexibility index (Phi) is 7.16. The number of hydrogen-bond donors (Lipinski definition) is 0. The zero-order valence-corrected chi connectivity index (χ0v) is 9.55. The Labute approximate surface area is 86.7 Å². The van der Waals surface area contributed by atoms with Gasteiger partial charge in [-0.3, -0.25) is 0 Å². The molecule has 0 aromatic heterocycles. The van der Waals surface area contributed by atoms with Crippen molar-refractivity contribution in [2.24, 2.45) is 0 Å². The van der Waals surface area contributed by atoms with E-state index in [2.05, 4.69) is 18.1 Å². The predicted molar refractivity (Wildman–Crippen MR) is 35.0 cm³/mol. The molecule has 1 aliphatic heterocycles. The average molecular weight is 209 g/mol. The summed E-state index contributed by atoms with van der Waals surface area (Å²) in [5, 5.41) is 0. The molecule has 57 valence electrons. The van der Waals surface area contributed by atoms with Gasteiger partial charge in [0.1, 0.15) is 0 Å². The minimum atomic E-state index is -2.18. The van der Waals surface area contributed by atoms with E-state index in [0.29, 0.717) is 0 Å². The molecular formula is C2H4NaO6P2+2. The Hall–Kier alpha value is 1.04. The molecule has 1 aliphatic rings. The van der Waals surface area contributed by atoms with Crippen molar-refractivity contribution in [3.63, 3.8) is 0 Å². The van der Waals surface area contributed by atoms with E-state index in [4.69, 9.17) is 0 Å². The molecule has 0 atom stereocenters. The first-order chi connectivity index (χ1) is 4.79. The Morgan fingerprint density at radius 1 is 0.818 bits per heavy atom. The van der Waals surface area contributed by atoms with Gasteiger partial charge in [0.2, 0.25) is 0 Å². The summed E-state index contributed by atoms with van der Waals surface area (Å²) in [5.41, 5.74) is 0. The molecule has 9 heteroatoms. The summed E-state index contributed by atoms with van der Waals surface area (Å²) >= 11 is 0. The molecule has 0 aliphatic carbocycles. The van der Waals surface area contributed by atoms with Gasteiger partial charge in [-0.25, -0.2) is 0 Å². The van der Waals surface area contributed by atoms with Crippen LogP contribution in [-0.4, -0.2) is 43.1 Å². The molecule has 0 N–H and O–H groups in total. The first-order valence-corrected chi connectivity index (χ1v) is 4.44. The first-order valence-electron chi connectivity index (χ1n) is 2.25. The van der Waals surface area contributed by atoms with E-state index >= 15 is 0 Å². The minimum absolute atomic E-state index is 0. The second-order valence-corrected chi connectivity index (χ2v) is 3.13. The summed E-state index contributed by atoms with van der Waals surface area (Å²) < 4.78 is 38.2. The Bertz CT molecular complexity index is 131. The first kappa shape index (κ1) is 12.0. The summed E-state index contributed by atoms with van der Waals surface area (Å²) in [7, 11) is -4.37. The van der Waals surface area contributed by atoms with Gasteiger partial charge in [-0.1, -0.05) is 18.1 Å². The zero-order valence-electron chi connectivity index (χ0n) is 5.76. The Morgan fingerprint density at radius 2 is 1.09 bits per heavy atom. The van der Waals surface area contributed by atoms with E-state index in [1.807, 2.05) is 0 Å². The molecule has 6 nitrogen and oxygen atoms in total. The largest absolute Gasteiger partial charge is 0.702 e. The monoisotopic (exact) mass is 209 g/mol. The van der Waals surface area contributed by atoms with Gasteiger partial charge in [0, 0.05) is 38.7 Å².